The summed E-state index contributed by atoms with van der Waals surface area (Å²) in [6, 6.07) is 0. The van der Waals surface area contributed by atoms with E-state index in [0.29, 0.717) is 6.61 Å². The number of aliphatic hydroxyl groups is 1. The predicted octanol–water partition coefficient (Wildman–Crippen LogP) is 2.21. The molecule has 0 aromatic heterocycles. The summed E-state index contributed by atoms with van der Waals surface area (Å²) < 4.78 is 4.94. The van der Waals surface area contributed by atoms with Crippen LogP contribution in [-0.4, -0.2) is 24.4 Å². The molecule has 0 saturated heterocycles. The van der Waals surface area contributed by atoms with Gasteiger partial charge in [-0.2, -0.15) is 0 Å². The number of aliphatic hydroxyl groups excluding tert-OH is 1. The molecule has 0 aliphatic heterocycles. The van der Waals surface area contributed by atoms with Gasteiger partial charge < -0.3 is 9.84 Å². The Morgan fingerprint density at radius 2 is 1.64 bits per heavy atom. The molecule has 0 atom stereocenters. The molecule has 0 rings (SSSR count). The first-order chi connectivity index (χ1) is 4.97. The highest BCUT2D eigenvalue weighted by Crippen LogP contribution is 2.02. The number of ether oxygens (including phenoxy) is 1. The van der Waals surface area contributed by atoms with Gasteiger partial charge in [0.25, 0.3) is 0 Å². The standard InChI is InChI=1S/C5H12O.C4H10O/c1-5(2,3)6-4;1-2-3-4-5/h1-4H3;5H,2-4H2,1H3. The molecule has 0 unspecified atom stereocenters. The van der Waals surface area contributed by atoms with Gasteiger partial charge in [0.1, 0.15) is 0 Å². The zero-order chi connectivity index (χ0) is 9.33. The van der Waals surface area contributed by atoms with E-state index in [4.69, 9.17) is 9.84 Å². The van der Waals surface area contributed by atoms with Crippen molar-refractivity contribution in [3.8, 4) is 0 Å². The van der Waals surface area contributed by atoms with Gasteiger partial charge >= 0.3 is 0 Å². The average molecular weight is 162 g/mol. The van der Waals surface area contributed by atoms with Gasteiger partial charge in [0.05, 0.1) is 5.60 Å². The molecule has 1 N–H and O–H groups in total. The van der Waals surface area contributed by atoms with Crippen molar-refractivity contribution in [3.05, 3.63) is 0 Å². The van der Waals surface area contributed by atoms with Crippen LogP contribution >= 0.6 is 0 Å². The van der Waals surface area contributed by atoms with Crippen LogP contribution in [0, 0.1) is 0 Å². The van der Waals surface area contributed by atoms with Crippen LogP contribution in [0.2, 0.25) is 0 Å². The summed E-state index contributed by atoms with van der Waals surface area (Å²) in [6.07, 6.45) is 2.04. The first-order valence-electron chi connectivity index (χ1n) is 4.14. The maximum absolute atomic E-state index is 8.07. The van der Waals surface area contributed by atoms with E-state index in [0.717, 1.165) is 12.8 Å². The summed E-state index contributed by atoms with van der Waals surface area (Å²) in [5.41, 5.74) is 0.0417. The lowest BCUT2D eigenvalue weighted by Gasteiger charge is -2.14. The first-order valence-corrected chi connectivity index (χ1v) is 4.14. The topological polar surface area (TPSA) is 29.5 Å². The highest BCUT2D eigenvalue weighted by molar-refractivity contribution is 4.55. The van der Waals surface area contributed by atoms with Crippen LogP contribution in [0.15, 0.2) is 0 Å². The quantitative estimate of drug-likeness (QED) is 0.674. The van der Waals surface area contributed by atoms with Crippen molar-refractivity contribution in [1.29, 1.82) is 0 Å². The van der Waals surface area contributed by atoms with Gasteiger partial charge in [-0.15, -0.1) is 0 Å². The summed E-state index contributed by atoms with van der Waals surface area (Å²) in [5, 5.41) is 8.07. The molecular formula is C9H22O2. The minimum absolute atomic E-state index is 0.0417. The molecule has 0 radical (unpaired) electrons. The van der Waals surface area contributed by atoms with Crippen molar-refractivity contribution < 1.29 is 9.84 Å². The third-order valence-corrected chi connectivity index (χ3v) is 1.12. The highest BCUT2D eigenvalue weighted by Gasteiger charge is 2.03. The molecule has 11 heavy (non-hydrogen) atoms. The zero-order valence-corrected chi connectivity index (χ0v) is 8.48. The summed E-state index contributed by atoms with van der Waals surface area (Å²) in [5.74, 6) is 0. The van der Waals surface area contributed by atoms with Gasteiger partial charge in [-0.1, -0.05) is 13.3 Å². The second-order valence-electron chi connectivity index (χ2n) is 3.39. The Kier molecular flexibility index (Phi) is 9.85. The predicted molar refractivity (Wildman–Crippen MR) is 48.8 cm³/mol. The molecule has 0 aromatic rings. The molecule has 0 spiro atoms. The average Bonchev–Trinajstić information content (AvgIpc) is 1.90. The number of rotatable bonds is 2. The normalized spacial score (nSPS) is 10.4. The molecule has 0 aliphatic carbocycles. The van der Waals surface area contributed by atoms with Gasteiger partial charge in [0.15, 0.2) is 0 Å². The van der Waals surface area contributed by atoms with E-state index in [9.17, 15) is 0 Å². The molecular weight excluding hydrogens is 140 g/mol. The molecule has 0 bridgehead atoms. The van der Waals surface area contributed by atoms with Crippen molar-refractivity contribution in [1.82, 2.24) is 0 Å². The van der Waals surface area contributed by atoms with E-state index in [1.54, 1.807) is 7.11 Å². The minimum atomic E-state index is 0.0417. The molecule has 0 aromatic carbocycles. The Hall–Kier alpha value is -0.0800. The summed E-state index contributed by atoms with van der Waals surface area (Å²) in [4.78, 5) is 0. The fraction of sp³-hybridized carbons (Fsp3) is 1.00. The molecule has 2 heteroatoms. The Morgan fingerprint density at radius 1 is 1.27 bits per heavy atom. The van der Waals surface area contributed by atoms with Crippen molar-refractivity contribution >= 4 is 0 Å². The third-order valence-electron chi connectivity index (χ3n) is 1.12. The SMILES string of the molecule is CCCCO.COC(C)(C)C. The Labute approximate surface area is 70.6 Å². The van der Waals surface area contributed by atoms with Crippen LogP contribution in [-0.2, 0) is 4.74 Å². The molecule has 2 nitrogen and oxygen atoms in total. The number of methoxy groups -OCH3 is 1. The van der Waals surface area contributed by atoms with Crippen molar-refractivity contribution in [3.63, 3.8) is 0 Å². The maximum atomic E-state index is 8.07. The van der Waals surface area contributed by atoms with Crippen LogP contribution in [0.25, 0.3) is 0 Å². The van der Waals surface area contributed by atoms with E-state index in [2.05, 4.69) is 6.92 Å². The van der Waals surface area contributed by atoms with Crippen LogP contribution in [0.4, 0.5) is 0 Å². The van der Waals surface area contributed by atoms with Crippen molar-refractivity contribution in [2.45, 2.75) is 46.1 Å². The van der Waals surface area contributed by atoms with Crippen molar-refractivity contribution in [2.75, 3.05) is 13.7 Å². The third kappa shape index (κ3) is 25.7. The molecule has 70 valence electrons. The van der Waals surface area contributed by atoms with Crippen molar-refractivity contribution in [2.24, 2.45) is 0 Å². The van der Waals surface area contributed by atoms with Gasteiger partial charge in [-0.3, -0.25) is 0 Å². The number of hydrogen-bond acceptors (Lipinski definition) is 2. The fourth-order valence-corrected chi connectivity index (χ4v) is 0.158. The smallest absolute Gasteiger partial charge is 0.0594 e. The monoisotopic (exact) mass is 162 g/mol. The molecule has 0 amide bonds. The Balaban J connectivity index is 0. The summed E-state index contributed by atoms with van der Waals surface area (Å²) in [6.45, 7) is 8.46. The van der Waals surface area contributed by atoms with E-state index in [1.807, 2.05) is 20.8 Å². The van der Waals surface area contributed by atoms with Crippen LogP contribution in [0.5, 0.6) is 0 Å². The van der Waals surface area contributed by atoms with E-state index in [1.165, 1.54) is 0 Å². The Bertz CT molecular complexity index is 62.5. The van der Waals surface area contributed by atoms with Gasteiger partial charge in [-0.25, -0.2) is 0 Å². The maximum Gasteiger partial charge on any atom is 0.0594 e. The molecule has 0 saturated carbocycles. The lowest BCUT2D eigenvalue weighted by Crippen LogP contribution is -2.15. The van der Waals surface area contributed by atoms with Gasteiger partial charge in [0.2, 0.25) is 0 Å². The number of hydrogen-bond donors (Lipinski definition) is 1. The van der Waals surface area contributed by atoms with Gasteiger partial charge in [0, 0.05) is 13.7 Å². The van der Waals surface area contributed by atoms with E-state index in [-0.39, 0.29) is 5.60 Å². The lowest BCUT2D eigenvalue weighted by atomic mass is 10.2. The first kappa shape index (κ1) is 13.5. The molecule has 0 aliphatic rings. The fourth-order valence-electron chi connectivity index (χ4n) is 0.158. The number of unbranched alkanes of at least 4 members (excludes halogenated alkanes) is 1. The van der Waals surface area contributed by atoms with Crippen LogP contribution in [0.3, 0.4) is 0 Å². The second-order valence-corrected chi connectivity index (χ2v) is 3.39. The largest absolute Gasteiger partial charge is 0.396 e. The van der Waals surface area contributed by atoms with E-state index >= 15 is 0 Å². The Morgan fingerprint density at radius 3 is 1.64 bits per heavy atom. The zero-order valence-electron chi connectivity index (χ0n) is 8.48. The molecule has 0 fully saturated rings. The lowest BCUT2D eigenvalue weighted by molar-refractivity contribution is 0.0397. The van der Waals surface area contributed by atoms with Crippen LogP contribution in [0.1, 0.15) is 40.5 Å². The second kappa shape index (κ2) is 8.02. The summed E-state index contributed by atoms with van der Waals surface area (Å²) in [7, 11) is 1.71. The van der Waals surface area contributed by atoms with Gasteiger partial charge in [-0.05, 0) is 27.2 Å². The highest BCUT2D eigenvalue weighted by atomic mass is 16.5. The summed E-state index contributed by atoms with van der Waals surface area (Å²) >= 11 is 0. The minimum Gasteiger partial charge on any atom is -0.396 e. The van der Waals surface area contributed by atoms with Crippen LogP contribution < -0.4 is 0 Å². The molecule has 0 heterocycles. The van der Waals surface area contributed by atoms with E-state index < -0.39 is 0 Å².